The molecular weight excluding hydrogens is 280 g/mol. The molecule has 0 aromatic heterocycles. The van der Waals surface area contributed by atoms with Crippen LogP contribution < -0.4 is 10.6 Å². The number of thioether (sulfide) groups is 1. The fourth-order valence-corrected chi connectivity index (χ4v) is 2.54. The van der Waals surface area contributed by atoms with Crippen molar-refractivity contribution in [2.24, 2.45) is 5.92 Å². The minimum absolute atomic E-state index is 0. The minimum Gasteiger partial charge on any atom is -0.326 e. The Labute approximate surface area is 125 Å². The van der Waals surface area contributed by atoms with Gasteiger partial charge in [-0.05, 0) is 49.1 Å². The Morgan fingerprint density at radius 2 is 2.16 bits per heavy atom. The number of anilines is 1. The Balaban J connectivity index is 0.00000180. The van der Waals surface area contributed by atoms with Crippen LogP contribution in [0.3, 0.4) is 0 Å². The zero-order valence-corrected chi connectivity index (χ0v) is 12.8. The van der Waals surface area contributed by atoms with E-state index in [4.69, 9.17) is 0 Å². The number of halogens is 1. The van der Waals surface area contributed by atoms with Gasteiger partial charge in [0.15, 0.2) is 0 Å². The van der Waals surface area contributed by atoms with Crippen LogP contribution in [0.25, 0.3) is 0 Å². The largest absolute Gasteiger partial charge is 0.326 e. The Morgan fingerprint density at radius 1 is 1.42 bits per heavy atom. The molecule has 19 heavy (non-hydrogen) atoms. The number of amides is 1. The summed E-state index contributed by atoms with van der Waals surface area (Å²) in [4.78, 5) is 11.9. The van der Waals surface area contributed by atoms with Crippen molar-refractivity contribution in [3.8, 4) is 0 Å². The van der Waals surface area contributed by atoms with Gasteiger partial charge in [-0.15, -0.1) is 12.4 Å². The second-order valence-corrected chi connectivity index (χ2v) is 5.60. The van der Waals surface area contributed by atoms with Gasteiger partial charge in [0.05, 0.1) is 5.92 Å². The Morgan fingerprint density at radius 3 is 2.74 bits per heavy atom. The van der Waals surface area contributed by atoms with Crippen LogP contribution in [-0.2, 0) is 11.2 Å². The number of carbonyl (C=O) groups is 1. The lowest BCUT2D eigenvalue weighted by atomic mass is 10.1. The molecule has 0 bridgehead atoms. The van der Waals surface area contributed by atoms with Crippen molar-refractivity contribution in [1.82, 2.24) is 5.32 Å². The van der Waals surface area contributed by atoms with Crippen LogP contribution in [0, 0.1) is 5.92 Å². The Hall–Kier alpha value is -0.710. The maximum atomic E-state index is 11.9. The summed E-state index contributed by atoms with van der Waals surface area (Å²) in [7, 11) is 0. The van der Waals surface area contributed by atoms with Crippen LogP contribution in [0.4, 0.5) is 5.69 Å². The molecule has 1 unspecified atom stereocenters. The van der Waals surface area contributed by atoms with Gasteiger partial charge in [-0.25, -0.2) is 0 Å². The number of benzene rings is 1. The topological polar surface area (TPSA) is 41.1 Å². The number of hydrogen-bond acceptors (Lipinski definition) is 3. The normalized spacial score (nSPS) is 17.8. The van der Waals surface area contributed by atoms with Crippen molar-refractivity contribution in [2.75, 3.05) is 30.4 Å². The summed E-state index contributed by atoms with van der Waals surface area (Å²) in [5.74, 6) is 1.40. The minimum atomic E-state index is 0. The summed E-state index contributed by atoms with van der Waals surface area (Å²) < 4.78 is 0. The summed E-state index contributed by atoms with van der Waals surface area (Å²) in [6.45, 7) is 1.75. The van der Waals surface area contributed by atoms with Gasteiger partial charge < -0.3 is 10.6 Å². The molecule has 0 radical (unpaired) electrons. The van der Waals surface area contributed by atoms with E-state index in [2.05, 4.69) is 29.0 Å². The van der Waals surface area contributed by atoms with Gasteiger partial charge in [0.25, 0.3) is 0 Å². The van der Waals surface area contributed by atoms with Gasteiger partial charge in [-0.2, -0.15) is 11.8 Å². The van der Waals surface area contributed by atoms with Crippen LogP contribution in [0.2, 0.25) is 0 Å². The number of hydrogen-bond donors (Lipinski definition) is 2. The van der Waals surface area contributed by atoms with Crippen LogP contribution in [0.15, 0.2) is 24.3 Å². The first-order chi connectivity index (χ1) is 8.79. The van der Waals surface area contributed by atoms with Crippen molar-refractivity contribution < 1.29 is 4.79 Å². The molecule has 5 heteroatoms. The molecule has 1 aliphatic rings. The van der Waals surface area contributed by atoms with E-state index in [1.165, 1.54) is 5.56 Å². The smallest absolute Gasteiger partial charge is 0.228 e. The molecule has 106 valence electrons. The number of aryl methyl sites for hydroxylation is 1. The average Bonchev–Trinajstić information content (AvgIpc) is 2.92. The van der Waals surface area contributed by atoms with Crippen LogP contribution in [-0.4, -0.2) is 31.0 Å². The standard InChI is InChI=1S/C14H20N2OS.ClH/c1-18-9-7-11-2-4-13(5-3-11)16-14(17)12-6-8-15-10-12;/h2-5,12,15H,6-10H2,1H3,(H,16,17);1H. The fraction of sp³-hybridized carbons (Fsp3) is 0.500. The first kappa shape index (κ1) is 16.3. The second-order valence-electron chi connectivity index (χ2n) is 4.62. The highest BCUT2D eigenvalue weighted by Gasteiger charge is 2.22. The average molecular weight is 301 g/mol. The van der Waals surface area contributed by atoms with Gasteiger partial charge in [-0.3, -0.25) is 4.79 Å². The third kappa shape index (κ3) is 5.05. The molecule has 1 heterocycles. The summed E-state index contributed by atoms with van der Waals surface area (Å²) in [6, 6.07) is 8.18. The van der Waals surface area contributed by atoms with Crippen molar-refractivity contribution in [1.29, 1.82) is 0 Å². The van der Waals surface area contributed by atoms with E-state index >= 15 is 0 Å². The van der Waals surface area contributed by atoms with Crippen LogP contribution in [0.1, 0.15) is 12.0 Å². The monoisotopic (exact) mass is 300 g/mol. The highest BCUT2D eigenvalue weighted by molar-refractivity contribution is 7.98. The molecule has 1 saturated heterocycles. The highest BCUT2D eigenvalue weighted by atomic mass is 35.5. The number of rotatable bonds is 5. The molecule has 2 N–H and O–H groups in total. The fourth-order valence-electron chi connectivity index (χ4n) is 2.10. The molecule has 0 spiro atoms. The first-order valence-corrected chi connectivity index (χ1v) is 7.78. The quantitative estimate of drug-likeness (QED) is 0.878. The van der Waals surface area contributed by atoms with Gasteiger partial charge in [-0.1, -0.05) is 12.1 Å². The van der Waals surface area contributed by atoms with Gasteiger partial charge >= 0.3 is 0 Å². The maximum Gasteiger partial charge on any atom is 0.228 e. The number of carbonyl (C=O) groups excluding carboxylic acids is 1. The molecule has 0 saturated carbocycles. The van der Waals surface area contributed by atoms with Crippen molar-refractivity contribution in [2.45, 2.75) is 12.8 Å². The molecule has 1 aliphatic heterocycles. The zero-order valence-electron chi connectivity index (χ0n) is 11.1. The number of nitrogens with one attached hydrogen (secondary N) is 2. The molecular formula is C14H21ClN2OS. The lowest BCUT2D eigenvalue weighted by Crippen LogP contribution is -2.24. The molecule has 1 atom stereocenters. The van der Waals surface area contributed by atoms with E-state index in [0.29, 0.717) is 0 Å². The van der Waals surface area contributed by atoms with E-state index in [1.54, 1.807) is 0 Å². The predicted octanol–water partition coefficient (Wildman–Crippen LogP) is 2.56. The summed E-state index contributed by atoms with van der Waals surface area (Å²) in [5, 5.41) is 6.19. The molecule has 2 rings (SSSR count). The van der Waals surface area contributed by atoms with E-state index < -0.39 is 0 Å². The molecule has 0 aliphatic carbocycles. The van der Waals surface area contributed by atoms with E-state index in [9.17, 15) is 4.79 Å². The Bertz CT molecular complexity index is 391. The third-order valence-corrected chi connectivity index (χ3v) is 3.86. The van der Waals surface area contributed by atoms with Gasteiger partial charge in [0, 0.05) is 12.2 Å². The van der Waals surface area contributed by atoms with Gasteiger partial charge in [0.2, 0.25) is 5.91 Å². The molecule has 1 fully saturated rings. The van der Waals surface area contributed by atoms with Gasteiger partial charge in [0.1, 0.15) is 0 Å². The van der Waals surface area contributed by atoms with E-state index in [1.807, 2.05) is 23.9 Å². The van der Waals surface area contributed by atoms with Crippen molar-refractivity contribution in [3.63, 3.8) is 0 Å². The molecule has 1 amide bonds. The predicted molar refractivity (Wildman–Crippen MR) is 85.4 cm³/mol. The SMILES string of the molecule is CSCCc1ccc(NC(=O)C2CCNC2)cc1.Cl. The van der Waals surface area contributed by atoms with E-state index in [0.717, 1.165) is 37.4 Å². The molecule has 1 aromatic carbocycles. The van der Waals surface area contributed by atoms with Crippen LogP contribution in [0.5, 0.6) is 0 Å². The maximum absolute atomic E-state index is 11.9. The Kier molecular flexibility index (Phi) is 7.28. The third-order valence-electron chi connectivity index (χ3n) is 3.25. The van der Waals surface area contributed by atoms with E-state index in [-0.39, 0.29) is 24.2 Å². The lowest BCUT2D eigenvalue weighted by molar-refractivity contribution is -0.119. The molecule has 1 aromatic rings. The van der Waals surface area contributed by atoms with Crippen LogP contribution >= 0.6 is 24.2 Å². The summed E-state index contributed by atoms with van der Waals surface area (Å²) in [5.41, 5.74) is 2.23. The first-order valence-electron chi connectivity index (χ1n) is 6.39. The summed E-state index contributed by atoms with van der Waals surface area (Å²) >= 11 is 1.85. The molecule has 3 nitrogen and oxygen atoms in total. The lowest BCUT2D eigenvalue weighted by Gasteiger charge is -2.10. The second kappa shape index (κ2) is 8.46. The van der Waals surface area contributed by atoms with Crippen molar-refractivity contribution in [3.05, 3.63) is 29.8 Å². The highest BCUT2D eigenvalue weighted by Crippen LogP contribution is 2.14. The zero-order chi connectivity index (χ0) is 12.8. The van der Waals surface area contributed by atoms with Crippen molar-refractivity contribution >= 4 is 35.8 Å². The summed E-state index contributed by atoms with van der Waals surface area (Å²) in [6.07, 6.45) is 4.14.